The Morgan fingerprint density at radius 1 is 1.29 bits per heavy atom. The number of hydrogen-bond acceptors (Lipinski definition) is 3. The SMILES string of the molecule is CN(C1COC1)[C@H]1CCC[C@H](C#N)C1. The summed E-state index contributed by atoms with van der Waals surface area (Å²) in [5.74, 6) is 0.289. The zero-order valence-electron chi connectivity index (χ0n) is 8.78. The van der Waals surface area contributed by atoms with Gasteiger partial charge in [-0.15, -0.1) is 0 Å². The fourth-order valence-electron chi connectivity index (χ4n) is 2.41. The van der Waals surface area contributed by atoms with Crippen molar-refractivity contribution in [3.05, 3.63) is 0 Å². The van der Waals surface area contributed by atoms with E-state index in [4.69, 9.17) is 10.00 Å². The highest BCUT2D eigenvalue weighted by Gasteiger charge is 2.31. The smallest absolute Gasteiger partial charge is 0.0656 e. The van der Waals surface area contributed by atoms with Gasteiger partial charge in [-0.1, -0.05) is 6.42 Å². The maximum absolute atomic E-state index is 8.91. The minimum absolute atomic E-state index is 0.289. The third kappa shape index (κ3) is 1.92. The Morgan fingerprint density at radius 2 is 2.07 bits per heavy atom. The van der Waals surface area contributed by atoms with Gasteiger partial charge in [0.1, 0.15) is 0 Å². The molecular formula is C11H18N2O. The molecule has 14 heavy (non-hydrogen) atoms. The van der Waals surface area contributed by atoms with Crippen molar-refractivity contribution < 1.29 is 4.74 Å². The van der Waals surface area contributed by atoms with E-state index in [1.165, 1.54) is 12.8 Å². The maximum atomic E-state index is 8.91. The van der Waals surface area contributed by atoms with E-state index in [1.807, 2.05) is 0 Å². The van der Waals surface area contributed by atoms with Crippen molar-refractivity contribution in [1.29, 1.82) is 5.26 Å². The normalized spacial score (nSPS) is 33.8. The van der Waals surface area contributed by atoms with Gasteiger partial charge in [0.15, 0.2) is 0 Å². The highest BCUT2D eigenvalue weighted by Crippen LogP contribution is 2.28. The molecule has 1 saturated carbocycles. The van der Waals surface area contributed by atoms with Crippen LogP contribution < -0.4 is 0 Å². The molecule has 2 atom stereocenters. The molecule has 1 aliphatic carbocycles. The molecule has 78 valence electrons. The van der Waals surface area contributed by atoms with E-state index in [0.717, 1.165) is 26.1 Å². The molecule has 1 saturated heterocycles. The van der Waals surface area contributed by atoms with Crippen LogP contribution in [0.25, 0.3) is 0 Å². The first kappa shape index (κ1) is 9.95. The predicted octanol–water partition coefficient (Wildman–Crippen LogP) is 1.40. The molecule has 1 aliphatic heterocycles. The Kier molecular flexibility index (Phi) is 3.05. The van der Waals surface area contributed by atoms with Gasteiger partial charge in [0.05, 0.1) is 25.3 Å². The van der Waals surface area contributed by atoms with Crippen molar-refractivity contribution in [2.45, 2.75) is 37.8 Å². The summed E-state index contributed by atoms with van der Waals surface area (Å²) in [4.78, 5) is 2.42. The van der Waals surface area contributed by atoms with Gasteiger partial charge in [-0.2, -0.15) is 5.26 Å². The van der Waals surface area contributed by atoms with E-state index in [1.54, 1.807) is 0 Å². The third-order valence-electron chi connectivity index (χ3n) is 3.60. The fourth-order valence-corrected chi connectivity index (χ4v) is 2.41. The Bertz CT molecular complexity index is 232. The predicted molar refractivity (Wildman–Crippen MR) is 53.7 cm³/mol. The minimum atomic E-state index is 0.289. The van der Waals surface area contributed by atoms with E-state index < -0.39 is 0 Å². The third-order valence-corrected chi connectivity index (χ3v) is 3.60. The molecule has 0 aromatic heterocycles. The van der Waals surface area contributed by atoms with E-state index >= 15 is 0 Å². The van der Waals surface area contributed by atoms with Gasteiger partial charge in [0.2, 0.25) is 0 Å². The monoisotopic (exact) mass is 194 g/mol. The first-order valence-electron chi connectivity index (χ1n) is 5.50. The van der Waals surface area contributed by atoms with Crippen LogP contribution in [0.4, 0.5) is 0 Å². The van der Waals surface area contributed by atoms with Crippen molar-refractivity contribution in [2.75, 3.05) is 20.3 Å². The fraction of sp³-hybridized carbons (Fsp3) is 0.909. The second-order valence-corrected chi connectivity index (χ2v) is 4.50. The summed E-state index contributed by atoms with van der Waals surface area (Å²) in [5.41, 5.74) is 0. The Hall–Kier alpha value is -0.590. The molecule has 0 spiro atoms. The van der Waals surface area contributed by atoms with Crippen LogP contribution in [0.2, 0.25) is 0 Å². The van der Waals surface area contributed by atoms with E-state index in [2.05, 4.69) is 18.0 Å². The molecule has 0 unspecified atom stereocenters. The lowest BCUT2D eigenvalue weighted by atomic mass is 9.85. The maximum Gasteiger partial charge on any atom is 0.0656 e. The van der Waals surface area contributed by atoms with Gasteiger partial charge < -0.3 is 4.74 Å². The average molecular weight is 194 g/mol. The van der Waals surface area contributed by atoms with Crippen molar-refractivity contribution in [2.24, 2.45) is 5.92 Å². The zero-order valence-corrected chi connectivity index (χ0v) is 8.78. The molecule has 3 heteroatoms. The summed E-state index contributed by atoms with van der Waals surface area (Å²) in [5, 5.41) is 8.91. The van der Waals surface area contributed by atoms with E-state index in [0.29, 0.717) is 12.1 Å². The second kappa shape index (κ2) is 4.29. The highest BCUT2D eigenvalue weighted by molar-refractivity contribution is 4.92. The summed E-state index contributed by atoms with van der Waals surface area (Å²) in [6.45, 7) is 1.76. The van der Waals surface area contributed by atoms with Crippen LogP contribution in [-0.4, -0.2) is 37.2 Å². The van der Waals surface area contributed by atoms with Gasteiger partial charge >= 0.3 is 0 Å². The molecular weight excluding hydrogens is 176 g/mol. The van der Waals surface area contributed by atoms with Gasteiger partial charge in [-0.3, -0.25) is 4.90 Å². The summed E-state index contributed by atoms with van der Waals surface area (Å²) in [7, 11) is 2.18. The largest absolute Gasteiger partial charge is 0.378 e. The molecule has 0 amide bonds. The summed E-state index contributed by atoms with van der Waals surface area (Å²) in [6, 6.07) is 3.63. The van der Waals surface area contributed by atoms with Gasteiger partial charge in [0, 0.05) is 12.0 Å². The number of ether oxygens (including phenoxy) is 1. The van der Waals surface area contributed by atoms with Crippen LogP contribution in [0.1, 0.15) is 25.7 Å². The number of hydrogen-bond donors (Lipinski definition) is 0. The summed E-state index contributed by atoms with van der Waals surface area (Å²) in [6.07, 6.45) is 4.62. The Morgan fingerprint density at radius 3 is 2.64 bits per heavy atom. The minimum Gasteiger partial charge on any atom is -0.378 e. The van der Waals surface area contributed by atoms with Gasteiger partial charge in [0.25, 0.3) is 0 Å². The quantitative estimate of drug-likeness (QED) is 0.666. The van der Waals surface area contributed by atoms with Crippen molar-refractivity contribution >= 4 is 0 Å². The molecule has 2 aliphatic rings. The second-order valence-electron chi connectivity index (χ2n) is 4.50. The number of nitriles is 1. The van der Waals surface area contributed by atoms with Crippen LogP contribution in [0, 0.1) is 17.2 Å². The Labute approximate surface area is 85.6 Å². The van der Waals surface area contributed by atoms with Crippen LogP contribution in [0.5, 0.6) is 0 Å². The first-order chi connectivity index (χ1) is 6.81. The van der Waals surface area contributed by atoms with E-state index in [9.17, 15) is 0 Å². The molecule has 0 aromatic carbocycles. The first-order valence-corrected chi connectivity index (χ1v) is 5.50. The van der Waals surface area contributed by atoms with Crippen LogP contribution in [0.3, 0.4) is 0 Å². The lowest BCUT2D eigenvalue weighted by molar-refractivity contribution is -0.0747. The summed E-state index contributed by atoms with van der Waals surface area (Å²) < 4.78 is 5.19. The van der Waals surface area contributed by atoms with Gasteiger partial charge in [-0.25, -0.2) is 0 Å². The van der Waals surface area contributed by atoms with Crippen LogP contribution in [-0.2, 0) is 4.74 Å². The van der Waals surface area contributed by atoms with Crippen LogP contribution in [0.15, 0.2) is 0 Å². The van der Waals surface area contributed by atoms with E-state index in [-0.39, 0.29) is 5.92 Å². The molecule has 0 aromatic rings. The Balaban J connectivity index is 1.87. The molecule has 0 bridgehead atoms. The summed E-state index contributed by atoms with van der Waals surface area (Å²) >= 11 is 0. The topological polar surface area (TPSA) is 36.3 Å². The molecule has 1 heterocycles. The van der Waals surface area contributed by atoms with Crippen molar-refractivity contribution in [3.8, 4) is 6.07 Å². The molecule has 0 radical (unpaired) electrons. The molecule has 2 fully saturated rings. The number of nitrogens with zero attached hydrogens (tertiary/aromatic N) is 2. The molecule has 3 nitrogen and oxygen atoms in total. The van der Waals surface area contributed by atoms with Crippen molar-refractivity contribution in [3.63, 3.8) is 0 Å². The van der Waals surface area contributed by atoms with Crippen LogP contribution >= 0.6 is 0 Å². The lowest BCUT2D eigenvalue weighted by Crippen LogP contribution is -2.52. The standard InChI is InChI=1S/C11H18N2O/c1-13(11-7-14-8-11)10-4-2-3-9(5-10)6-12/h9-11H,2-5,7-8H2,1H3/t9-,10-/m0/s1. The average Bonchev–Trinajstić information content (AvgIpc) is 2.15. The zero-order chi connectivity index (χ0) is 9.97. The van der Waals surface area contributed by atoms with Gasteiger partial charge in [-0.05, 0) is 26.3 Å². The van der Waals surface area contributed by atoms with Crippen molar-refractivity contribution in [1.82, 2.24) is 4.90 Å². The number of likely N-dealkylation sites (N-methyl/N-ethyl adjacent to an activating group) is 1. The molecule has 0 N–H and O–H groups in total. The lowest BCUT2D eigenvalue weighted by Gasteiger charge is -2.41. The molecule has 2 rings (SSSR count). The number of rotatable bonds is 2. The highest BCUT2D eigenvalue weighted by atomic mass is 16.5.